The zero-order valence-electron chi connectivity index (χ0n) is 17.9. The van der Waals surface area contributed by atoms with Crippen molar-refractivity contribution < 1.29 is 4.79 Å². The van der Waals surface area contributed by atoms with Crippen molar-refractivity contribution in [2.45, 2.75) is 46.1 Å². The van der Waals surface area contributed by atoms with E-state index in [1.54, 1.807) is 0 Å². The van der Waals surface area contributed by atoms with Gasteiger partial charge in [-0.2, -0.15) is 0 Å². The summed E-state index contributed by atoms with van der Waals surface area (Å²) in [5, 5.41) is 4.72. The smallest absolute Gasteiger partial charge is 0.222 e. The van der Waals surface area contributed by atoms with Gasteiger partial charge in [0.05, 0.1) is 11.6 Å². The summed E-state index contributed by atoms with van der Waals surface area (Å²) < 4.78 is 0. The molecule has 0 fully saturated rings. The Bertz CT molecular complexity index is 993. The van der Waals surface area contributed by atoms with Crippen molar-refractivity contribution in [2.75, 3.05) is 18.0 Å². The van der Waals surface area contributed by atoms with Gasteiger partial charge in [-0.15, -0.1) is 0 Å². The van der Waals surface area contributed by atoms with Crippen LogP contribution in [0, 0.1) is 0 Å². The molecule has 2 aromatic carbocycles. The van der Waals surface area contributed by atoms with Crippen LogP contribution in [0.15, 0.2) is 48.5 Å². The molecule has 158 valence electrons. The van der Waals surface area contributed by atoms with Gasteiger partial charge in [0.1, 0.15) is 11.6 Å². The largest absolute Gasteiger partial charge is 0.355 e. The fourth-order valence-corrected chi connectivity index (χ4v) is 3.67. The summed E-state index contributed by atoms with van der Waals surface area (Å²) >= 11 is 6.18. The molecule has 0 spiro atoms. The number of carbonyl (C=O) groups is 1. The molecule has 0 saturated carbocycles. The molecule has 5 nitrogen and oxygen atoms in total. The Hall–Kier alpha value is -2.66. The number of rotatable bonds is 9. The second-order valence-electron chi connectivity index (χ2n) is 7.42. The van der Waals surface area contributed by atoms with E-state index in [9.17, 15) is 4.79 Å². The second kappa shape index (κ2) is 10.4. The number of fused-ring (bicyclic) bond motifs is 1. The van der Waals surface area contributed by atoms with E-state index in [1.165, 1.54) is 0 Å². The van der Waals surface area contributed by atoms with Gasteiger partial charge < -0.3 is 10.2 Å². The van der Waals surface area contributed by atoms with E-state index in [0.29, 0.717) is 18.0 Å². The third-order valence-electron chi connectivity index (χ3n) is 5.08. The summed E-state index contributed by atoms with van der Waals surface area (Å²) in [6, 6.07) is 15.7. The molecule has 0 unspecified atom stereocenters. The van der Waals surface area contributed by atoms with E-state index in [0.717, 1.165) is 47.5 Å². The number of anilines is 1. The van der Waals surface area contributed by atoms with E-state index < -0.39 is 0 Å². The number of hydrogen-bond donors (Lipinski definition) is 1. The summed E-state index contributed by atoms with van der Waals surface area (Å²) in [5.41, 5.74) is 1.94. The van der Waals surface area contributed by atoms with Crippen LogP contribution in [0.1, 0.15) is 51.0 Å². The van der Waals surface area contributed by atoms with E-state index >= 15 is 0 Å². The highest BCUT2D eigenvalue weighted by Crippen LogP contribution is 2.27. The second-order valence-corrected chi connectivity index (χ2v) is 7.85. The maximum absolute atomic E-state index is 12.6. The Morgan fingerprint density at radius 2 is 1.87 bits per heavy atom. The maximum atomic E-state index is 12.6. The highest BCUT2D eigenvalue weighted by molar-refractivity contribution is 6.31. The quantitative estimate of drug-likeness (QED) is 0.504. The number of amides is 1. The van der Waals surface area contributed by atoms with Crippen molar-refractivity contribution in [2.24, 2.45) is 0 Å². The van der Waals surface area contributed by atoms with Gasteiger partial charge in [-0.05, 0) is 37.1 Å². The fraction of sp³-hybridized carbons (Fsp3) is 0.375. The predicted molar refractivity (Wildman–Crippen MR) is 124 cm³/mol. The third kappa shape index (κ3) is 5.48. The van der Waals surface area contributed by atoms with Crippen LogP contribution in [0.4, 0.5) is 5.82 Å². The number of aryl methyl sites for hydroxylation is 1. The van der Waals surface area contributed by atoms with Crippen molar-refractivity contribution in [1.82, 2.24) is 15.3 Å². The number of carbonyl (C=O) groups excluding carboxylic acids is 1. The average molecular weight is 425 g/mol. The van der Waals surface area contributed by atoms with Crippen LogP contribution >= 0.6 is 11.6 Å². The van der Waals surface area contributed by atoms with E-state index in [1.807, 2.05) is 62.4 Å². The first-order valence-corrected chi connectivity index (χ1v) is 10.9. The Kier molecular flexibility index (Phi) is 7.63. The zero-order chi connectivity index (χ0) is 21.5. The first-order chi connectivity index (χ1) is 14.5. The van der Waals surface area contributed by atoms with E-state index in [2.05, 4.69) is 22.1 Å². The summed E-state index contributed by atoms with van der Waals surface area (Å²) in [7, 11) is 0. The molecule has 0 aliphatic rings. The number of nitrogens with one attached hydrogen (secondary N) is 1. The van der Waals surface area contributed by atoms with Crippen molar-refractivity contribution >= 4 is 34.2 Å². The van der Waals surface area contributed by atoms with Crippen LogP contribution in [-0.2, 0) is 11.2 Å². The lowest BCUT2D eigenvalue weighted by Gasteiger charge is -2.25. The van der Waals surface area contributed by atoms with Gasteiger partial charge in [-0.3, -0.25) is 4.79 Å². The fourth-order valence-electron chi connectivity index (χ4n) is 3.50. The van der Waals surface area contributed by atoms with Gasteiger partial charge in [0, 0.05) is 36.3 Å². The number of nitrogens with zero attached hydrogens (tertiary/aromatic N) is 3. The molecule has 0 radical (unpaired) electrons. The molecule has 1 aromatic heterocycles. The SMILES string of the molecule is CCCN(CCC(=O)N[C@H](C)c1ccccc1)c1nc(CC)nc2cc(Cl)ccc12. The van der Waals surface area contributed by atoms with Crippen molar-refractivity contribution in [3.63, 3.8) is 0 Å². The van der Waals surface area contributed by atoms with Crippen molar-refractivity contribution in [3.05, 3.63) is 64.9 Å². The first-order valence-electron chi connectivity index (χ1n) is 10.6. The Balaban J connectivity index is 1.77. The van der Waals surface area contributed by atoms with Gasteiger partial charge >= 0.3 is 0 Å². The highest BCUT2D eigenvalue weighted by Gasteiger charge is 2.16. The number of aromatic nitrogens is 2. The predicted octanol–water partition coefficient (Wildman–Crippen LogP) is 5.33. The number of hydrogen-bond acceptors (Lipinski definition) is 4. The monoisotopic (exact) mass is 424 g/mol. The molecule has 3 rings (SSSR count). The summed E-state index contributed by atoms with van der Waals surface area (Å²) in [6.07, 6.45) is 2.10. The standard InChI is InChI=1S/C24H29ClN4O/c1-4-14-29(15-13-23(30)26-17(3)18-9-7-6-8-10-18)24-20-12-11-19(25)16-21(20)27-22(5-2)28-24/h6-12,16-17H,4-5,13-15H2,1-3H3,(H,26,30)/t17-/m1/s1. The lowest BCUT2D eigenvalue weighted by atomic mass is 10.1. The molecule has 3 aromatic rings. The van der Waals surface area contributed by atoms with Gasteiger partial charge in [-0.1, -0.05) is 55.8 Å². The van der Waals surface area contributed by atoms with Crippen molar-refractivity contribution in [1.29, 1.82) is 0 Å². The van der Waals surface area contributed by atoms with Crippen LogP contribution in [-0.4, -0.2) is 29.0 Å². The minimum atomic E-state index is -0.0213. The number of halogens is 1. The molecule has 1 heterocycles. The molecule has 0 aliphatic carbocycles. The summed E-state index contributed by atoms with van der Waals surface area (Å²) in [6.45, 7) is 7.59. The molecule has 0 saturated heterocycles. The van der Waals surface area contributed by atoms with Crippen LogP contribution in [0.2, 0.25) is 5.02 Å². The first kappa shape index (κ1) is 22.0. The summed E-state index contributed by atoms with van der Waals surface area (Å²) in [4.78, 5) is 24.2. The molecular formula is C24H29ClN4O. The lowest BCUT2D eigenvalue weighted by Crippen LogP contribution is -2.33. The maximum Gasteiger partial charge on any atom is 0.222 e. The topological polar surface area (TPSA) is 58.1 Å². The number of benzene rings is 2. The van der Waals surface area contributed by atoms with Crippen LogP contribution < -0.4 is 10.2 Å². The normalized spacial score (nSPS) is 12.0. The third-order valence-corrected chi connectivity index (χ3v) is 5.32. The van der Waals surface area contributed by atoms with Crippen LogP contribution in [0.3, 0.4) is 0 Å². The Morgan fingerprint density at radius 1 is 1.10 bits per heavy atom. The molecule has 1 N–H and O–H groups in total. The molecule has 0 aliphatic heterocycles. The van der Waals surface area contributed by atoms with E-state index in [4.69, 9.17) is 16.6 Å². The van der Waals surface area contributed by atoms with Gasteiger partial charge in [0.25, 0.3) is 0 Å². The molecule has 30 heavy (non-hydrogen) atoms. The molecule has 6 heteroatoms. The van der Waals surface area contributed by atoms with E-state index in [-0.39, 0.29) is 11.9 Å². The minimum Gasteiger partial charge on any atom is -0.355 e. The van der Waals surface area contributed by atoms with Gasteiger partial charge in [0.15, 0.2) is 0 Å². The van der Waals surface area contributed by atoms with Gasteiger partial charge in [-0.25, -0.2) is 9.97 Å². The Labute approximate surface area is 183 Å². The zero-order valence-corrected chi connectivity index (χ0v) is 18.6. The molecule has 1 atom stereocenters. The lowest BCUT2D eigenvalue weighted by molar-refractivity contribution is -0.121. The summed E-state index contributed by atoms with van der Waals surface area (Å²) in [5.74, 6) is 1.69. The minimum absolute atomic E-state index is 0.0213. The molecular weight excluding hydrogens is 396 g/mol. The van der Waals surface area contributed by atoms with Gasteiger partial charge in [0.2, 0.25) is 5.91 Å². The molecule has 1 amide bonds. The molecule has 0 bridgehead atoms. The van der Waals surface area contributed by atoms with Crippen molar-refractivity contribution in [3.8, 4) is 0 Å². The highest BCUT2D eigenvalue weighted by atomic mass is 35.5. The average Bonchev–Trinajstić information content (AvgIpc) is 2.76. The van der Waals surface area contributed by atoms with Crippen LogP contribution in [0.25, 0.3) is 10.9 Å². The van der Waals surface area contributed by atoms with Crippen LogP contribution in [0.5, 0.6) is 0 Å². The Morgan fingerprint density at radius 3 is 2.57 bits per heavy atom.